The molecule has 0 fully saturated rings. The quantitative estimate of drug-likeness (QED) is 0.424. The molecule has 108 valence electrons. The van der Waals surface area contributed by atoms with Gasteiger partial charge in [-0.3, -0.25) is 4.57 Å². The van der Waals surface area contributed by atoms with E-state index in [2.05, 4.69) is 0 Å². The van der Waals surface area contributed by atoms with Gasteiger partial charge in [-0.15, -0.1) is 0 Å². The van der Waals surface area contributed by atoms with Gasteiger partial charge < -0.3 is 13.8 Å². The van der Waals surface area contributed by atoms with E-state index in [1.54, 1.807) is 34.6 Å². The highest BCUT2D eigenvalue weighted by Gasteiger charge is 2.57. The van der Waals surface area contributed by atoms with E-state index in [9.17, 15) is 9.36 Å². The topological polar surface area (TPSA) is 61.8 Å². The number of carbonyl (C=O) groups is 1. The lowest BCUT2D eigenvalue weighted by atomic mass is 10.2. The number of hydrogen-bond acceptors (Lipinski definition) is 5. The van der Waals surface area contributed by atoms with Gasteiger partial charge in [-0.1, -0.05) is 23.2 Å². The third-order valence-corrected chi connectivity index (χ3v) is 5.20. The smallest absolute Gasteiger partial charge is 0.378 e. The van der Waals surface area contributed by atoms with Gasteiger partial charge in [-0.2, -0.15) is 0 Å². The van der Waals surface area contributed by atoms with Crippen molar-refractivity contribution < 1.29 is 23.1 Å². The molecule has 0 aromatic rings. The van der Waals surface area contributed by atoms with Crippen molar-refractivity contribution in [1.29, 1.82) is 0 Å². The SMILES string of the molecule is CCOP(=O)(OCC)C(Cl)(Cl)C(=O)OC(C)(C)C. The third kappa shape index (κ3) is 4.71. The summed E-state index contributed by atoms with van der Waals surface area (Å²) in [5, 5.41) is 0. The van der Waals surface area contributed by atoms with Gasteiger partial charge >= 0.3 is 17.6 Å². The molecular weight excluding hydrogens is 302 g/mol. The number of alkyl halides is 2. The minimum Gasteiger partial charge on any atom is -0.457 e. The van der Waals surface area contributed by atoms with Crippen LogP contribution in [0.3, 0.4) is 0 Å². The van der Waals surface area contributed by atoms with Crippen LogP contribution in [0.25, 0.3) is 0 Å². The molecule has 18 heavy (non-hydrogen) atoms. The Bertz CT molecular complexity index is 328. The molecule has 0 rings (SSSR count). The van der Waals surface area contributed by atoms with Crippen LogP contribution in [0, 0.1) is 0 Å². The van der Waals surface area contributed by atoms with E-state index in [-0.39, 0.29) is 13.2 Å². The maximum absolute atomic E-state index is 12.4. The van der Waals surface area contributed by atoms with E-state index in [0.717, 1.165) is 0 Å². The Labute approximate surface area is 118 Å². The minimum absolute atomic E-state index is 0.0429. The summed E-state index contributed by atoms with van der Waals surface area (Å²) >= 11 is 11.7. The van der Waals surface area contributed by atoms with Gasteiger partial charge in [-0.05, 0) is 34.6 Å². The monoisotopic (exact) mass is 320 g/mol. The predicted octanol–water partition coefficient (Wildman–Crippen LogP) is 3.73. The van der Waals surface area contributed by atoms with Crippen molar-refractivity contribution >= 4 is 36.8 Å². The first kappa shape index (κ1) is 18.2. The fourth-order valence-electron chi connectivity index (χ4n) is 0.991. The second-order valence-electron chi connectivity index (χ2n) is 4.38. The number of rotatable bonds is 6. The summed E-state index contributed by atoms with van der Waals surface area (Å²) in [6, 6.07) is 0. The molecule has 8 heteroatoms. The van der Waals surface area contributed by atoms with Crippen molar-refractivity contribution in [2.45, 2.75) is 44.3 Å². The van der Waals surface area contributed by atoms with Gasteiger partial charge in [0, 0.05) is 0 Å². The lowest BCUT2D eigenvalue weighted by molar-refractivity contribution is -0.154. The molecule has 0 aliphatic carbocycles. The molecule has 0 saturated carbocycles. The van der Waals surface area contributed by atoms with Crippen LogP contribution >= 0.6 is 30.8 Å². The van der Waals surface area contributed by atoms with Crippen molar-refractivity contribution in [1.82, 2.24) is 0 Å². The lowest BCUT2D eigenvalue weighted by Crippen LogP contribution is -2.36. The van der Waals surface area contributed by atoms with E-state index in [4.69, 9.17) is 37.0 Å². The standard InChI is InChI=1S/C10H19Cl2O5P/c1-6-15-18(14,16-7-2)10(11,12)8(13)17-9(3,4)5/h6-7H2,1-5H3. The Morgan fingerprint density at radius 2 is 1.50 bits per heavy atom. The Kier molecular flexibility index (Phi) is 6.65. The number of hydrogen-bond donors (Lipinski definition) is 0. The van der Waals surface area contributed by atoms with Gasteiger partial charge in [0.25, 0.3) is 0 Å². The zero-order valence-corrected chi connectivity index (χ0v) is 13.6. The minimum atomic E-state index is -4.01. The molecule has 0 aromatic carbocycles. The highest BCUT2D eigenvalue weighted by Crippen LogP contribution is 2.65. The molecular formula is C10H19Cl2O5P. The van der Waals surface area contributed by atoms with Gasteiger partial charge in [0.1, 0.15) is 5.60 Å². The first-order chi connectivity index (χ1) is 8.00. The Morgan fingerprint density at radius 1 is 1.11 bits per heavy atom. The highest BCUT2D eigenvalue weighted by molar-refractivity contribution is 7.61. The fourth-order valence-corrected chi connectivity index (χ4v) is 3.00. The lowest BCUT2D eigenvalue weighted by Gasteiger charge is -2.29. The van der Waals surface area contributed by atoms with Crippen LogP contribution in [0.1, 0.15) is 34.6 Å². The van der Waals surface area contributed by atoms with Crippen LogP contribution in [0.5, 0.6) is 0 Å². The Hall–Kier alpha value is 0.200. The van der Waals surface area contributed by atoms with Gasteiger partial charge in [-0.25, -0.2) is 4.79 Å². The molecule has 0 N–H and O–H groups in total. The number of esters is 1. The van der Waals surface area contributed by atoms with Crippen LogP contribution in [-0.4, -0.2) is 28.9 Å². The van der Waals surface area contributed by atoms with Crippen LogP contribution < -0.4 is 0 Å². The first-order valence-electron chi connectivity index (χ1n) is 5.50. The summed E-state index contributed by atoms with van der Waals surface area (Å²) < 4.78 is 24.9. The van der Waals surface area contributed by atoms with Crippen molar-refractivity contribution in [3.8, 4) is 0 Å². The number of carbonyl (C=O) groups excluding carboxylic acids is 1. The molecule has 0 unspecified atom stereocenters. The van der Waals surface area contributed by atoms with E-state index < -0.39 is 23.2 Å². The van der Waals surface area contributed by atoms with Crippen LogP contribution in [-0.2, 0) is 23.1 Å². The molecule has 0 aromatic heterocycles. The molecule has 0 aliphatic heterocycles. The molecule has 0 heterocycles. The second-order valence-corrected chi connectivity index (χ2v) is 8.41. The summed E-state index contributed by atoms with van der Waals surface area (Å²) in [6.07, 6.45) is 0. The van der Waals surface area contributed by atoms with E-state index in [0.29, 0.717) is 0 Å². The average molecular weight is 321 g/mol. The number of ether oxygens (including phenoxy) is 1. The normalized spacial score (nSPS) is 13.5. The van der Waals surface area contributed by atoms with Crippen LogP contribution in [0.2, 0.25) is 0 Å². The van der Waals surface area contributed by atoms with Crippen molar-refractivity contribution in [2.75, 3.05) is 13.2 Å². The summed E-state index contributed by atoms with van der Waals surface area (Å²) in [5.41, 5.74) is -0.810. The van der Waals surface area contributed by atoms with E-state index >= 15 is 0 Å². The van der Waals surface area contributed by atoms with E-state index in [1.165, 1.54) is 0 Å². The van der Waals surface area contributed by atoms with Crippen molar-refractivity contribution in [3.63, 3.8) is 0 Å². The molecule has 0 radical (unpaired) electrons. The largest absolute Gasteiger partial charge is 0.457 e. The summed E-state index contributed by atoms with van der Waals surface area (Å²) in [7, 11) is -4.01. The van der Waals surface area contributed by atoms with Crippen molar-refractivity contribution in [2.24, 2.45) is 0 Å². The Balaban J connectivity index is 5.18. The number of halogens is 2. The van der Waals surface area contributed by atoms with Crippen LogP contribution in [0.15, 0.2) is 0 Å². The zero-order valence-electron chi connectivity index (χ0n) is 11.2. The summed E-state index contributed by atoms with van der Waals surface area (Å²) in [4.78, 5) is 11.9. The maximum Gasteiger partial charge on any atom is 0.378 e. The molecule has 0 saturated heterocycles. The molecule has 0 bridgehead atoms. The molecule has 0 amide bonds. The van der Waals surface area contributed by atoms with Crippen molar-refractivity contribution in [3.05, 3.63) is 0 Å². The summed E-state index contributed by atoms with van der Waals surface area (Å²) in [5.74, 6) is -1.05. The van der Waals surface area contributed by atoms with Gasteiger partial charge in [0.15, 0.2) is 0 Å². The molecule has 0 spiro atoms. The van der Waals surface area contributed by atoms with E-state index in [1.807, 2.05) is 0 Å². The summed E-state index contributed by atoms with van der Waals surface area (Å²) in [6.45, 7) is 8.18. The zero-order chi connectivity index (χ0) is 14.6. The van der Waals surface area contributed by atoms with Crippen LogP contribution in [0.4, 0.5) is 0 Å². The molecule has 0 atom stereocenters. The molecule has 5 nitrogen and oxygen atoms in total. The Morgan fingerprint density at radius 3 is 1.78 bits per heavy atom. The third-order valence-electron chi connectivity index (χ3n) is 1.59. The second kappa shape index (κ2) is 6.58. The molecule has 0 aliphatic rings. The fraction of sp³-hybridized carbons (Fsp3) is 0.900. The highest BCUT2D eigenvalue weighted by atomic mass is 35.5. The predicted molar refractivity (Wildman–Crippen MR) is 71.1 cm³/mol. The average Bonchev–Trinajstić information content (AvgIpc) is 2.15. The maximum atomic E-state index is 12.4. The van der Waals surface area contributed by atoms with Gasteiger partial charge in [0.2, 0.25) is 0 Å². The van der Waals surface area contributed by atoms with Gasteiger partial charge in [0.05, 0.1) is 13.2 Å². The first-order valence-corrected chi connectivity index (χ1v) is 7.80.